The van der Waals surface area contributed by atoms with Gasteiger partial charge < -0.3 is 5.11 Å². The van der Waals surface area contributed by atoms with Gasteiger partial charge in [-0.2, -0.15) is 0 Å². The largest absolute Gasteiger partial charge is 0.393 e. The van der Waals surface area contributed by atoms with Crippen LogP contribution in [0.3, 0.4) is 0 Å². The topological polar surface area (TPSA) is 33.1 Å². The molecule has 6 atom stereocenters. The van der Waals surface area contributed by atoms with Gasteiger partial charge in [0.1, 0.15) is 0 Å². The van der Waals surface area contributed by atoms with Crippen molar-refractivity contribution in [2.45, 2.75) is 71.8 Å². The normalized spacial score (nSPS) is 43.3. The summed E-state index contributed by atoms with van der Waals surface area (Å²) >= 11 is 0. The summed E-state index contributed by atoms with van der Waals surface area (Å²) in [6.45, 7) is 7.19. The van der Waals surface area contributed by atoms with Crippen molar-refractivity contribution < 1.29 is 5.11 Å². The lowest BCUT2D eigenvalue weighted by molar-refractivity contribution is -0.0238. The molecule has 1 aromatic rings. The minimum atomic E-state index is -0.108. The van der Waals surface area contributed by atoms with Gasteiger partial charge in [-0.3, -0.25) is 4.98 Å². The number of fused-ring (bicyclic) bond motifs is 5. The number of aliphatic hydroxyl groups is 1. The van der Waals surface area contributed by atoms with Gasteiger partial charge in [-0.1, -0.05) is 31.6 Å². The van der Waals surface area contributed by atoms with Crippen LogP contribution in [0.15, 0.2) is 36.2 Å². The SMILES string of the molecule is Cc1cncc(C2=CCC3C4CC=C5CC(O)CCC5(C)C4CCC23C)c1. The molecule has 0 amide bonds. The first-order valence-electron chi connectivity index (χ1n) is 10.9. The summed E-state index contributed by atoms with van der Waals surface area (Å²) in [6, 6.07) is 2.32. The van der Waals surface area contributed by atoms with Gasteiger partial charge >= 0.3 is 0 Å². The third-order valence-corrected chi connectivity index (χ3v) is 8.84. The lowest BCUT2D eigenvalue weighted by Crippen LogP contribution is -2.49. The maximum Gasteiger partial charge on any atom is 0.0577 e. The molecule has 4 aliphatic rings. The fraction of sp³-hybridized carbons (Fsp3) is 0.640. The van der Waals surface area contributed by atoms with Gasteiger partial charge in [0.15, 0.2) is 0 Å². The minimum Gasteiger partial charge on any atom is -0.393 e. The molecule has 1 heterocycles. The second-order valence-corrected chi connectivity index (χ2v) is 10.2. The number of hydrogen-bond acceptors (Lipinski definition) is 2. The zero-order valence-corrected chi connectivity index (χ0v) is 17.0. The van der Waals surface area contributed by atoms with Crippen LogP contribution in [0.25, 0.3) is 5.57 Å². The van der Waals surface area contributed by atoms with Crippen molar-refractivity contribution in [3.63, 3.8) is 0 Å². The third-order valence-electron chi connectivity index (χ3n) is 8.84. The standard InChI is InChI=1S/C25H33NO/c1-16-12-17(15-26-14-16)21-6-7-22-20-5-4-18-13-19(27)8-10-24(18,2)23(20)9-11-25(21,22)3/h4,6,12,14-15,19-20,22-23,27H,5,7-11,13H2,1-3H3. The summed E-state index contributed by atoms with van der Waals surface area (Å²) in [5, 5.41) is 10.2. The number of allylic oxidation sites excluding steroid dienone is 3. The van der Waals surface area contributed by atoms with E-state index in [1.807, 2.05) is 6.20 Å². The Bertz CT molecular complexity index is 823. The fourth-order valence-corrected chi connectivity index (χ4v) is 7.36. The molecule has 144 valence electrons. The molecule has 2 heteroatoms. The Labute approximate surface area is 163 Å². The van der Waals surface area contributed by atoms with E-state index in [2.05, 4.69) is 50.2 Å². The predicted octanol–water partition coefficient (Wildman–Crippen LogP) is 5.71. The van der Waals surface area contributed by atoms with Crippen LogP contribution in [0.5, 0.6) is 0 Å². The van der Waals surface area contributed by atoms with Crippen molar-refractivity contribution in [2.24, 2.45) is 28.6 Å². The van der Waals surface area contributed by atoms with Crippen LogP contribution in [0.2, 0.25) is 0 Å². The third kappa shape index (κ3) is 2.52. The highest BCUT2D eigenvalue weighted by molar-refractivity contribution is 5.72. The van der Waals surface area contributed by atoms with Crippen LogP contribution >= 0.6 is 0 Å². The van der Waals surface area contributed by atoms with E-state index in [1.54, 1.807) is 11.1 Å². The minimum absolute atomic E-state index is 0.108. The van der Waals surface area contributed by atoms with E-state index in [0.717, 1.165) is 30.6 Å². The summed E-state index contributed by atoms with van der Waals surface area (Å²) in [4.78, 5) is 4.48. The molecule has 0 saturated heterocycles. The molecule has 0 radical (unpaired) electrons. The fourth-order valence-electron chi connectivity index (χ4n) is 7.36. The van der Waals surface area contributed by atoms with Crippen molar-refractivity contribution in [3.8, 4) is 0 Å². The Balaban J connectivity index is 1.48. The highest BCUT2D eigenvalue weighted by Crippen LogP contribution is 2.66. The summed E-state index contributed by atoms with van der Waals surface area (Å²) in [6.07, 6.45) is 17.1. The Morgan fingerprint density at radius 3 is 2.63 bits per heavy atom. The Kier molecular flexibility index (Phi) is 3.95. The van der Waals surface area contributed by atoms with E-state index < -0.39 is 0 Å². The van der Waals surface area contributed by atoms with Crippen molar-refractivity contribution in [1.29, 1.82) is 0 Å². The second kappa shape index (κ2) is 6.04. The van der Waals surface area contributed by atoms with Gasteiger partial charge in [0.05, 0.1) is 6.10 Å². The summed E-state index contributed by atoms with van der Waals surface area (Å²) in [5.74, 6) is 2.35. The van der Waals surface area contributed by atoms with Crippen molar-refractivity contribution in [3.05, 3.63) is 47.3 Å². The molecule has 0 spiro atoms. The highest BCUT2D eigenvalue weighted by Gasteiger charge is 2.56. The molecule has 1 aromatic heterocycles. The van der Waals surface area contributed by atoms with E-state index in [4.69, 9.17) is 0 Å². The zero-order chi connectivity index (χ0) is 18.8. The molecule has 27 heavy (non-hydrogen) atoms. The van der Waals surface area contributed by atoms with Gasteiger partial charge in [-0.05, 0) is 103 Å². The average Bonchev–Trinajstić information content (AvgIpc) is 2.99. The van der Waals surface area contributed by atoms with Crippen molar-refractivity contribution in [2.75, 3.05) is 0 Å². The van der Waals surface area contributed by atoms with E-state index in [-0.39, 0.29) is 6.10 Å². The molecule has 2 saturated carbocycles. The smallest absolute Gasteiger partial charge is 0.0577 e. The summed E-state index contributed by atoms with van der Waals surface area (Å²) in [5.41, 5.74) is 6.36. The maximum absolute atomic E-state index is 10.2. The van der Waals surface area contributed by atoms with Crippen LogP contribution in [0.1, 0.15) is 69.9 Å². The van der Waals surface area contributed by atoms with Gasteiger partial charge in [0.25, 0.3) is 0 Å². The van der Waals surface area contributed by atoms with E-state index in [1.165, 1.54) is 43.2 Å². The molecule has 5 rings (SSSR count). The van der Waals surface area contributed by atoms with E-state index in [0.29, 0.717) is 10.8 Å². The molecule has 1 N–H and O–H groups in total. The molecular weight excluding hydrogens is 330 g/mol. The molecular formula is C25H33NO. The van der Waals surface area contributed by atoms with Crippen LogP contribution in [-0.4, -0.2) is 16.2 Å². The predicted molar refractivity (Wildman–Crippen MR) is 110 cm³/mol. The van der Waals surface area contributed by atoms with Crippen LogP contribution in [-0.2, 0) is 0 Å². The highest BCUT2D eigenvalue weighted by atomic mass is 16.3. The quantitative estimate of drug-likeness (QED) is 0.649. The number of nitrogens with zero attached hydrogens (tertiary/aromatic N) is 1. The Hall–Kier alpha value is -1.41. The van der Waals surface area contributed by atoms with E-state index >= 15 is 0 Å². The van der Waals surface area contributed by atoms with Gasteiger partial charge in [-0.25, -0.2) is 0 Å². The van der Waals surface area contributed by atoms with Crippen LogP contribution < -0.4 is 0 Å². The second-order valence-electron chi connectivity index (χ2n) is 10.2. The molecule has 2 fully saturated rings. The molecule has 6 unspecified atom stereocenters. The molecule has 0 bridgehead atoms. The molecule has 0 aliphatic heterocycles. The summed E-state index contributed by atoms with van der Waals surface area (Å²) in [7, 11) is 0. The summed E-state index contributed by atoms with van der Waals surface area (Å²) < 4.78 is 0. The monoisotopic (exact) mass is 363 g/mol. The molecule has 2 nitrogen and oxygen atoms in total. The number of aryl methyl sites for hydroxylation is 1. The van der Waals surface area contributed by atoms with Crippen molar-refractivity contribution in [1.82, 2.24) is 4.98 Å². The molecule has 0 aromatic carbocycles. The van der Waals surface area contributed by atoms with Crippen LogP contribution in [0, 0.1) is 35.5 Å². The lowest BCUT2D eigenvalue weighted by Gasteiger charge is -2.57. The Morgan fingerprint density at radius 2 is 1.81 bits per heavy atom. The number of aromatic nitrogens is 1. The lowest BCUT2D eigenvalue weighted by atomic mass is 9.47. The first kappa shape index (κ1) is 17.7. The van der Waals surface area contributed by atoms with Gasteiger partial charge in [-0.15, -0.1) is 0 Å². The van der Waals surface area contributed by atoms with Gasteiger partial charge in [0, 0.05) is 12.4 Å². The van der Waals surface area contributed by atoms with Gasteiger partial charge in [0.2, 0.25) is 0 Å². The average molecular weight is 364 g/mol. The van der Waals surface area contributed by atoms with Crippen LogP contribution in [0.4, 0.5) is 0 Å². The molecule has 4 aliphatic carbocycles. The number of pyridine rings is 1. The number of aliphatic hydroxyl groups excluding tert-OH is 1. The maximum atomic E-state index is 10.2. The Morgan fingerprint density at radius 1 is 1.00 bits per heavy atom. The van der Waals surface area contributed by atoms with Crippen molar-refractivity contribution >= 4 is 5.57 Å². The zero-order valence-electron chi connectivity index (χ0n) is 17.0. The number of rotatable bonds is 1. The first-order chi connectivity index (χ1) is 12.9. The number of hydrogen-bond donors (Lipinski definition) is 1. The van der Waals surface area contributed by atoms with E-state index in [9.17, 15) is 5.11 Å². The first-order valence-corrected chi connectivity index (χ1v) is 10.9.